The van der Waals surface area contributed by atoms with Crippen LogP contribution in [0, 0.1) is 0 Å². The van der Waals surface area contributed by atoms with Crippen molar-refractivity contribution in [3.05, 3.63) is 0 Å². The molecular weight excluding hydrogens is 162 g/mol. The molecule has 1 rings (SSSR count). The van der Waals surface area contributed by atoms with Crippen LogP contribution in [-0.2, 0) is 0 Å². The summed E-state index contributed by atoms with van der Waals surface area (Å²) in [5, 5.41) is 9.59. The number of aliphatic hydroxyl groups is 1. The fraction of sp³-hybridized carbons (Fsp3) is 1.00. The Morgan fingerprint density at radius 3 is 2.62 bits per heavy atom. The zero-order valence-electron chi connectivity index (χ0n) is 9.38. The number of nitrogens with zero attached hydrogens (tertiary/aromatic N) is 1. The van der Waals surface area contributed by atoms with Crippen LogP contribution >= 0.6 is 0 Å². The van der Waals surface area contributed by atoms with Gasteiger partial charge in [-0.3, -0.25) is 4.90 Å². The molecular formula is C11H23NO. The van der Waals surface area contributed by atoms with Crippen LogP contribution in [-0.4, -0.2) is 34.2 Å². The summed E-state index contributed by atoms with van der Waals surface area (Å²) in [5.74, 6) is 0. The van der Waals surface area contributed by atoms with Crippen molar-refractivity contribution in [2.45, 2.75) is 64.6 Å². The minimum absolute atomic E-state index is 0.0877. The zero-order chi connectivity index (χ0) is 10.1. The predicted molar refractivity (Wildman–Crippen MR) is 55.8 cm³/mol. The second kappa shape index (κ2) is 3.97. The molecule has 2 atom stereocenters. The molecule has 78 valence electrons. The lowest BCUT2D eigenvalue weighted by Gasteiger charge is -2.47. The van der Waals surface area contributed by atoms with Crippen molar-refractivity contribution in [2.75, 3.05) is 6.54 Å². The van der Waals surface area contributed by atoms with Crippen LogP contribution in [0.5, 0.6) is 0 Å². The van der Waals surface area contributed by atoms with Crippen LogP contribution in [0.4, 0.5) is 0 Å². The van der Waals surface area contributed by atoms with Gasteiger partial charge in [-0.1, -0.05) is 6.92 Å². The normalized spacial score (nSPS) is 31.6. The molecule has 0 bridgehead atoms. The van der Waals surface area contributed by atoms with Gasteiger partial charge in [0.25, 0.3) is 0 Å². The van der Waals surface area contributed by atoms with Crippen molar-refractivity contribution < 1.29 is 5.11 Å². The van der Waals surface area contributed by atoms with Crippen LogP contribution in [0.3, 0.4) is 0 Å². The lowest BCUT2D eigenvalue weighted by Crippen LogP contribution is -2.54. The Morgan fingerprint density at radius 2 is 2.15 bits per heavy atom. The first-order valence-electron chi connectivity index (χ1n) is 5.42. The van der Waals surface area contributed by atoms with Gasteiger partial charge in [-0.05, 0) is 40.0 Å². The fourth-order valence-electron chi connectivity index (χ4n) is 2.42. The van der Waals surface area contributed by atoms with E-state index in [-0.39, 0.29) is 11.6 Å². The van der Waals surface area contributed by atoms with Crippen molar-refractivity contribution in [3.8, 4) is 0 Å². The average molecular weight is 185 g/mol. The zero-order valence-corrected chi connectivity index (χ0v) is 9.38. The summed E-state index contributed by atoms with van der Waals surface area (Å²) in [6, 6.07) is 0.641. The summed E-state index contributed by atoms with van der Waals surface area (Å²) in [6.07, 6.45) is 2.96. The third-order valence-corrected chi connectivity index (χ3v) is 3.34. The van der Waals surface area contributed by atoms with Gasteiger partial charge >= 0.3 is 0 Å². The van der Waals surface area contributed by atoms with E-state index in [9.17, 15) is 5.11 Å². The molecule has 2 nitrogen and oxygen atoms in total. The Bertz CT molecular complexity index is 167. The SMILES string of the molecule is CCC(C)N1CCC(O)CC1(C)C. The minimum Gasteiger partial charge on any atom is -0.393 e. The second-order valence-corrected chi connectivity index (χ2v) is 4.91. The molecule has 1 N–H and O–H groups in total. The number of likely N-dealkylation sites (tertiary alicyclic amines) is 1. The van der Waals surface area contributed by atoms with Gasteiger partial charge in [-0.15, -0.1) is 0 Å². The molecule has 0 spiro atoms. The average Bonchev–Trinajstić information content (AvgIpc) is 2.01. The first-order valence-corrected chi connectivity index (χ1v) is 5.42. The Hall–Kier alpha value is -0.0800. The number of hydrogen-bond acceptors (Lipinski definition) is 2. The maximum absolute atomic E-state index is 9.59. The van der Waals surface area contributed by atoms with Gasteiger partial charge in [0.15, 0.2) is 0 Å². The summed E-state index contributed by atoms with van der Waals surface area (Å²) in [4.78, 5) is 2.53. The van der Waals surface area contributed by atoms with Crippen LogP contribution in [0.2, 0.25) is 0 Å². The monoisotopic (exact) mass is 185 g/mol. The highest BCUT2D eigenvalue weighted by molar-refractivity contribution is 4.91. The van der Waals surface area contributed by atoms with E-state index in [0.29, 0.717) is 6.04 Å². The second-order valence-electron chi connectivity index (χ2n) is 4.91. The van der Waals surface area contributed by atoms with Crippen molar-refractivity contribution in [3.63, 3.8) is 0 Å². The summed E-state index contributed by atoms with van der Waals surface area (Å²) in [7, 11) is 0. The molecule has 1 heterocycles. The fourth-order valence-corrected chi connectivity index (χ4v) is 2.42. The van der Waals surface area contributed by atoms with E-state index < -0.39 is 0 Å². The lowest BCUT2D eigenvalue weighted by molar-refractivity contribution is -0.0241. The number of aliphatic hydroxyl groups excluding tert-OH is 1. The molecule has 13 heavy (non-hydrogen) atoms. The molecule has 2 unspecified atom stereocenters. The minimum atomic E-state index is -0.0877. The van der Waals surface area contributed by atoms with Crippen molar-refractivity contribution in [2.24, 2.45) is 0 Å². The van der Waals surface area contributed by atoms with Crippen molar-refractivity contribution >= 4 is 0 Å². The van der Waals surface area contributed by atoms with Gasteiger partial charge in [-0.25, -0.2) is 0 Å². The standard InChI is InChI=1S/C11H23NO/c1-5-9(2)12-7-6-10(13)8-11(12,3)4/h9-10,13H,5-8H2,1-4H3. The maximum Gasteiger partial charge on any atom is 0.0569 e. The predicted octanol–water partition coefficient (Wildman–Crippen LogP) is 2.02. The van der Waals surface area contributed by atoms with Gasteiger partial charge in [0.05, 0.1) is 6.10 Å². The summed E-state index contributed by atoms with van der Waals surface area (Å²) in [5.41, 5.74) is 0.174. The number of piperidine rings is 1. The molecule has 0 aromatic carbocycles. The third-order valence-electron chi connectivity index (χ3n) is 3.34. The molecule has 0 saturated carbocycles. The molecule has 0 radical (unpaired) electrons. The van der Waals surface area contributed by atoms with Crippen LogP contribution < -0.4 is 0 Å². The molecule has 0 aromatic heterocycles. The van der Waals surface area contributed by atoms with E-state index in [0.717, 1.165) is 19.4 Å². The maximum atomic E-state index is 9.59. The molecule has 0 aromatic rings. The van der Waals surface area contributed by atoms with Crippen LogP contribution in [0.1, 0.15) is 47.0 Å². The first-order chi connectivity index (χ1) is 5.97. The van der Waals surface area contributed by atoms with Crippen molar-refractivity contribution in [1.82, 2.24) is 4.90 Å². The molecule has 1 aliphatic heterocycles. The highest BCUT2D eigenvalue weighted by Gasteiger charge is 2.35. The van der Waals surface area contributed by atoms with E-state index in [1.54, 1.807) is 0 Å². The Morgan fingerprint density at radius 1 is 1.54 bits per heavy atom. The van der Waals surface area contributed by atoms with Gasteiger partial charge < -0.3 is 5.11 Å². The quantitative estimate of drug-likeness (QED) is 0.711. The molecule has 1 saturated heterocycles. The molecule has 1 fully saturated rings. The summed E-state index contributed by atoms with van der Waals surface area (Å²) >= 11 is 0. The van der Waals surface area contributed by atoms with Gasteiger partial charge in [0.2, 0.25) is 0 Å². The van der Waals surface area contributed by atoms with Crippen molar-refractivity contribution in [1.29, 1.82) is 0 Å². The molecule has 0 aliphatic carbocycles. The smallest absolute Gasteiger partial charge is 0.0569 e. The first kappa shape index (κ1) is 11.0. The van der Waals surface area contributed by atoms with Crippen LogP contribution in [0.15, 0.2) is 0 Å². The van der Waals surface area contributed by atoms with E-state index in [1.807, 2.05) is 0 Å². The Labute approximate surface area is 81.9 Å². The van der Waals surface area contributed by atoms with E-state index in [1.165, 1.54) is 6.42 Å². The number of rotatable bonds is 2. The third kappa shape index (κ3) is 2.44. The molecule has 1 aliphatic rings. The molecule has 2 heteroatoms. The Balaban J connectivity index is 2.64. The van der Waals surface area contributed by atoms with E-state index >= 15 is 0 Å². The lowest BCUT2D eigenvalue weighted by atomic mass is 9.87. The molecule has 0 amide bonds. The van der Waals surface area contributed by atoms with Gasteiger partial charge in [0, 0.05) is 18.1 Å². The van der Waals surface area contributed by atoms with Gasteiger partial charge in [0.1, 0.15) is 0 Å². The van der Waals surface area contributed by atoms with Gasteiger partial charge in [-0.2, -0.15) is 0 Å². The highest BCUT2D eigenvalue weighted by Crippen LogP contribution is 2.30. The van der Waals surface area contributed by atoms with Crippen LogP contribution in [0.25, 0.3) is 0 Å². The highest BCUT2D eigenvalue weighted by atomic mass is 16.3. The topological polar surface area (TPSA) is 23.5 Å². The largest absolute Gasteiger partial charge is 0.393 e. The summed E-state index contributed by atoms with van der Waals surface area (Å²) < 4.78 is 0. The summed E-state index contributed by atoms with van der Waals surface area (Å²) in [6.45, 7) is 10.0. The Kier molecular flexibility index (Phi) is 3.36. The van der Waals surface area contributed by atoms with E-state index in [2.05, 4.69) is 32.6 Å². The van der Waals surface area contributed by atoms with E-state index in [4.69, 9.17) is 0 Å². The number of hydrogen-bond donors (Lipinski definition) is 1.